The van der Waals surface area contributed by atoms with E-state index in [9.17, 15) is 14.9 Å². The maximum absolute atomic E-state index is 12.4. The maximum Gasteiger partial charge on any atom is 0.311 e. The zero-order valence-corrected chi connectivity index (χ0v) is 15.0. The third-order valence-corrected chi connectivity index (χ3v) is 4.03. The van der Waals surface area contributed by atoms with E-state index >= 15 is 0 Å². The van der Waals surface area contributed by atoms with Crippen LogP contribution in [0.15, 0.2) is 54.7 Å². The van der Waals surface area contributed by atoms with E-state index in [4.69, 9.17) is 16.3 Å². The lowest BCUT2D eigenvalue weighted by Crippen LogP contribution is -2.13. The van der Waals surface area contributed by atoms with Crippen molar-refractivity contribution in [2.75, 3.05) is 12.4 Å². The van der Waals surface area contributed by atoms with E-state index in [1.807, 2.05) is 12.1 Å². The van der Waals surface area contributed by atoms with Gasteiger partial charge in [-0.05, 0) is 29.8 Å². The van der Waals surface area contributed by atoms with Gasteiger partial charge in [0.1, 0.15) is 0 Å². The first-order valence-corrected chi connectivity index (χ1v) is 8.26. The minimum atomic E-state index is -0.601. The number of nitro benzene ring substituents is 1. The van der Waals surface area contributed by atoms with E-state index in [1.165, 1.54) is 25.3 Å². The zero-order chi connectivity index (χ0) is 19.4. The minimum Gasteiger partial charge on any atom is -0.490 e. The van der Waals surface area contributed by atoms with Gasteiger partial charge in [0.25, 0.3) is 5.91 Å². The molecule has 0 atom stereocenters. The molecule has 1 heterocycles. The Labute approximate surface area is 159 Å². The molecule has 1 N–H and O–H groups in total. The van der Waals surface area contributed by atoms with Gasteiger partial charge < -0.3 is 10.1 Å². The highest BCUT2D eigenvalue weighted by Crippen LogP contribution is 2.27. The molecular formula is C18H15ClN4O4. The monoisotopic (exact) mass is 386 g/mol. The summed E-state index contributed by atoms with van der Waals surface area (Å²) in [7, 11) is 1.33. The average Bonchev–Trinajstić information content (AvgIpc) is 3.09. The third kappa shape index (κ3) is 4.42. The molecule has 0 aliphatic rings. The number of nitrogens with zero attached hydrogens (tertiary/aromatic N) is 3. The van der Waals surface area contributed by atoms with Crippen LogP contribution in [-0.4, -0.2) is 27.7 Å². The molecule has 0 unspecified atom stereocenters. The molecule has 138 valence electrons. The number of rotatable bonds is 6. The molecule has 0 bridgehead atoms. The van der Waals surface area contributed by atoms with Crippen LogP contribution in [-0.2, 0) is 6.54 Å². The molecule has 1 amide bonds. The van der Waals surface area contributed by atoms with Gasteiger partial charge in [-0.3, -0.25) is 19.6 Å². The molecule has 0 fully saturated rings. The number of methoxy groups -OCH3 is 1. The molecule has 0 radical (unpaired) electrons. The van der Waals surface area contributed by atoms with Crippen LogP contribution in [0, 0.1) is 10.1 Å². The summed E-state index contributed by atoms with van der Waals surface area (Å²) < 4.78 is 6.59. The topological polar surface area (TPSA) is 99.3 Å². The molecule has 2 aromatic carbocycles. The molecule has 3 rings (SSSR count). The quantitative estimate of drug-likeness (QED) is 0.513. The number of amides is 1. The van der Waals surface area contributed by atoms with Crippen LogP contribution in [0.5, 0.6) is 5.75 Å². The maximum atomic E-state index is 12.4. The number of aromatic nitrogens is 2. The molecule has 0 saturated carbocycles. The van der Waals surface area contributed by atoms with Crippen molar-refractivity contribution >= 4 is 29.0 Å². The van der Waals surface area contributed by atoms with Crippen molar-refractivity contribution in [2.24, 2.45) is 0 Å². The first-order valence-electron chi connectivity index (χ1n) is 7.88. The lowest BCUT2D eigenvalue weighted by molar-refractivity contribution is -0.385. The Balaban J connectivity index is 1.71. The van der Waals surface area contributed by atoms with Crippen LogP contribution in [0.25, 0.3) is 0 Å². The molecule has 9 heteroatoms. The standard InChI is InChI=1S/C18H15ClN4O4/c1-27-16-7-4-13(10-15(16)23(25)26)18(24)20-17-8-9-22(21-17)11-12-2-5-14(19)6-3-12/h2-10H,11H2,1H3,(H,20,21,24). The number of halogens is 1. The normalized spacial score (nSPS) is 10.4. The highest BCUT2D eigenvalue weighted by atomic mass is 35.5. The summed E-state index contributed by atoms with van der Waals surface area (Å²) in [5.74, 6) is -0.0753. The number of carbonyl (C=O) groups excluding carboxylic acids is 1. The molecule has 3 aromatic rings. The highest BCUT2D eigenvalue weighted by molar-refractivity contribution is 6.30. The fraction of sp³-hybridized carbons (Fsp3) is 0.111. The van der Waals surface area contributed by atoms with Crippen molar-refractivity contribution in [3.63, 3.8) is 0 Å². The van der Waals surface area contributed by atoms with Gasteiger partial charge in [-0.25, -0.2) is 0 Å². The van der Waals surface area contributed by atoms with Gasteiger partial charge in [0.05, 0.1) is 18.6 Å². The van der Waals surface area contributed by atoms with Crippen LogP contribution in [0.1, 0.15) is 15.9 Å². The van der Waals surface area contributed by atoms with E-state index in [0.29, 0.717) is 17.4 Å². The minimum absolute atomic E-state index is 0.0868. The highest BCUT2D eigenvalue weighted by Gasteiger charge is 2.18. The smallest absolute Gasteiger partial charge is 0.311 e. The fourth-order valence-electron chi connectivity index (χ4n) is 2.46. The second kappa shape index (κ2) is 7.88. The van der Waals surface area contributed by atoms with E-state index in [1.54, 1.807) is 29.1 Å². The average molecular weight is 387 g/mol. The fourth-order valence-corrected chi connectivity index (χ4v) is 2.58. The lowest BCUT2D eigenvalue weighted by Gasteiger charge is -2.05. The number of hydrogen-bond donors (Lipinski definition) is 1. The Bertz CT molecular complexity index is 985. The predicted octanol–water partition coefficient (Wildman–Crippen LogP) is 3.75. The van der Waals surface area contributed by atoms with E-state index < -0.39 is 10.8 Å². The summed E-state index contributed by atoms with van der Waals surface area (Å²) in [6.45, 7) is 0.515. The summed E-state index contributed by atoms with van der Waals surface area (Å²) in [5.41, 5.74) is 0.860. The number of nitro groups is 1. The van der Waals surface area contributed by atoms with Crippen LogP contribution in [0.4, 0.5) is 11.5 Å². The first kappa shape index (κ1) is 18.4. The predicted molar refractivity (Wildman–Crippen MR) is 100 cm³/mol. The van der Waals surface area contributed by atoms with Crippen LogP contribution in [0.3, 0.4) is 0 Å². The summed E-state index contributed by atoms with van der Waals surface area (Å²) in [5, 5.41) is 18.6. The van der Waals surface area contributed by atoms with Gasteiger partial charge in [0.2, 0.25) is 0 Å². The number of benzene rings is 2. The number of ether oxygens (including phenoxy) is 1. The summed E-state index contributed by atoms with van der Waals surface area (Å²) in [6.07, 6.45) is 1.72. The Morgan fingerprint density at radius 3 is 2.67 bits per heavy atom. The Kier molecular flexibility index (Phi) is 5.37. The Morgan fingerprint density at radius 2 is 2.00 bits per heavy atom. The second-order valence-corrected chi connectivity index (χ2v) is 6.06. The largest absolute Gasteiger partial charge is 0.490 e. The number of carbonyl (C=O) groups is 1. The second-order valence-electron chi connectivity index (χ2n) is 5.62. The van der Waals surface area contributed by atoms with E-state index in [0.717, 1.165) is 5.56 Å². The molecule has 0 aliphatic heterocycles. The molecule has 0 spiro atoms. The van der Waals surface area contributed by atoms with Crippen molar-refractivity contribution in [3.05, 3.63) is 81.0 Å². The van der Waals surface area contributed by atoms with Gasteiger partial charge >= 0.3 is 5.69 Å². The number of anilines is 1. The van der Waals surface area contributed by atoms with E-state index in [-0.39, 0.29) is 17.0 Å². The van der Waals surface area contributed by atoms with Gasteiger partial charge in [0, 0.05) is 28.9 Å². The lowest BCUT2D eigenvalue weighted by atomic mass is 10.1. The Hall–Kier alpha value is -3.39. The van der Waals surface area contributed by atoms with Crippen molar-refractivity contribution in [3.8, 4) is 5.75 Å². The summed E-state index contributed by atoms with van der Waals surface area (Å²) in [6, 6.07) is 13.0. The van der Waals surface area contributed by atoms with Gasteiger partial charge in [-0.2, -0.15) is 5.10 Å². The van der Waals surface area contributed by atoms with Crippen molar-refractivity contribution in [1.29, 1.82) is 0 Å². The van der Waals surface area contributed by atoms with E-state index in [2.05, 4.69) is 10.4 Å². The molecule has 0 aliphatic carbocycles. The van der Waals surface area contributed by atoms with Crippen molar-refractivity contribution < 1.29 is 14.5 Å². The summed E-state index contributed by atoms with van der Waals surface area (Å²) in [4.78, 5) is 22.8. The SMILES string of the molecule is COc1ccc(C(=O)Nc2ccn(Cc3ccc(Cl)cc3)n2)cc1[N+](=O)[O-]. The molecular weight excluding hydrogens is 372 g/mol. The summed E-state index contributed by atoms with van der Waals surface area (Å²) >= 11 is 5.86. The van der Waals surface area contributed by atoms with Crippen LogP contribution >= 0.6 is 11.6 Å². The Morgan fingerprint density at radius 1 is 1.26 bits per heavy atom. The number of hydrogen-bond acceptors (Lipinski definition) is 5. The first-order chi connectivity index (χ1) is 13.0. The zero-order valence-electron chi connectivity index (χ0n) is 14.3. The molecule has 8 nitrogen and oxygen atoms in total. The van der Waals surface area contributed by atoms with Gasteiger partial charge in [0.15, 0.2) is 11.6 Å². The molecule has 27 heavy (non-hydrogen) atoms. The molecule has 1 aromatic heterocycles. The van der Waals surface area contributed by atoms with Gasteiger partial charge in [-0.15, -0.1) is 0 Å². The van der Waals surface area contributed by atoms with Crippen molar-refractivity contribution in [2.45, 2.75) is 6.54 Å². The van der Waals surface area contributed by atoms with Crippen molar-refractivity contribution in [1.82, 2.24) is 9.78 Å². The molecule has 0 saturated heterocycles. The van der Waals surface area contributed by atoms with Crippen LogP contribution in [0.2, 0.25) is 5.02 Å². The van der Waals surface area contributed by atoms with Gasteiger partial charge in [-0.1, -0.05) is 23.7 Å². The van der Waals surface area contributed by atoms with Crippen LogP contribution < -0.4 is 10.1 Å². The third-order valence-electron chi connectivity index (χ3n) is 3.78. The number of nitrogens with one attached hydrogen (secondary N) is 1.